The Hall–Kier alpha value is -0.730. The van der Waals surface area contributed by atoms with Gasteiger partial charge in [-0.15, -0.1) is 0 Å². The molecule has 0 spiro atoms. The van der Waals surface area contributed by atoms with E-state index in [1.54, 1.807) is 0 Å². The summed E-state index contributed by atoms with van der Waals surface area (Å²) in [6, 6.07) is -0.956. The molecule has 0 unspecified atom stereocenters. The largest absolute Gasteiger partial charge is 0.394 e. The first-order valence-corrected chi connectivity index (χ1v) is 4.80. The smallest absolute Gasteiger partial charge is 0.217 e. The summed E-state index contributed by atoms with van der Waals surface area (Å²) in [5.74, 6) is -0.420. The van der Waals surface area contributed by atoms with Gasteiger partial charge in [0, 0.05) is 14.0 Å². The second-order valence-corrected chi connectivity index (χ2v) is 3.56. The molecule has 0 bridgehead atoms. The molecular formula is C9H17NO6. The molecule has 1 amide bonds. The molecule has 1 aliphatic heterocycles. The minimum atomic E-state index is -1.71. The Morgan fingerprint density at radius 1 is 1.56 bits per heavy atom. The van der Waals surface area contributed by atoms with Crippen LogP contribution in [0.2, 0.25) is 0 Å². The molecule has 1 fully saturated rings. The van der Waals surface area contributed by atoms with Crippen LogP contribution >= 0.6 is 0 Å². The average molecular weight is 236 g/mol. The van der Waals surface area contributed by atoms with Crippen molar-refractivity contribution in [1.29, 1.82) is 0 Å². The van der Waals surface area contributed by atoms with E-state index in [1.807, 2.05) is 0 Å². The number of aliphatic hydroxyl groups excluding tert-OH is 3. The predicted molar refractivity (Wildman–Crippen MR) is 52.4 cm³/mol. The summed E-state index contributed by atoms with van der Waals surface area (Å²) in [6.07, 6.45) is -5.20. The van der Waals surface area contributed by atoms with Gasteiger partial charge in [-0.25, -0.2) is 0 Å². The number of hydrogen-bond acceptors (Lipinski definition) is 6. The van der Waals surface area contributed by atoms with Gasteiger partial charge < -0.3 is 30.1 Å². The van der Waals surface area contributed by atoms with E-state index in [2.05, 4.69) is 5.32 Å². The fourth-order valence-corrected chi connectivity index (χ4v) is 1.60. The molecule has 0 aromatic heterocycles. The number of rotatable bonds is 3. The molecule has 0 aliphatic carbocycles. The van der Waals surface area contributed by atoms with Crippen LogP contribution in [-0.4, -0.2) is 65.6 Å². The van der Waals surface area contributed by atoms with Gasteiger partial charge in [0.15, 0.2) is 6.29 Å². The lowest BCUT2D eigenvalue weighted by Crippen LogP contribution is -2.64. The number of nitrogens with one attached hydrogen (secondary N) is 1. The first kappa shape index (κ1) is 11.7. The van der Waals surface area contributed by atoms with Crippen molar-refractivity contribution < 1.29 is 31.0 Å². The fourth-order valence-electron chi connectivity index (χ4n) is 1.60. The zero-order valence-electron chi connectivity index (χ0n) is 10.0. The van der Waals surface area contributed by atoms with Crippen molar-refractivity contribution in [2.75, 3.05) is 13.7 Å². The Kier molecular flexibility index (Phi) is 4.08. The third-order valence-electron chi connectivity index (χ3n) is 2.39. The molecule has 16 heavy (non-hydrogen) atoms. The maximum absolute atomic E-state index is 10.9. The quantitative estimate of drug-likeness (QED) is 0.434. The van der Waals surface area contributed by atoms with Crippen LogP contribution in [0.3, 0.4) is 0 Å². The van der Waals surface area contributed by atoms with Crippen LogP contribution in [0.4, 0.5) is 0 Å². The molecule has 0 aromatic carbocycles. The first-order chi connectivity index (χ1) is 7.88. The summed E-state index contributed by atoms with van der Waals surface area (Å²) < 4.78 is 17.1. The van der Waals surface area contributed by atoms with Gasteiger partial charge in [-0.3, -0.25) is 4.79 Å². The van der Waals surface area contributed by atoms with Crippen LogP contribution in [0.5, 0.6) is 0 Å². The van der Waals surface area contributed by atoms with Crippen molar-refractivity contribution in [2.45, 2.75) is 37.6 Å². The van der Waals surface area contributed by atoms with Crippen LogP contribution < -0.4 is 5.32 Å². The summed E-state index contributed by atoms with van der Waals surface area (Å²) in [5, 5.41) is 30.9. The molecular weight excluding hydrogens is 218 g/mol. The maximum Gasteiger partial charge on any atom is 0.217 e. The van der Waals surface area contributed by atoms with E-state index < -0.39 is 43.1 Å². The number of amides is 1. The van der Waals surface area contributed by atoms with E-state index in [1.165, 1.54) is 14.0 Å². The highest BCUT2D eigenvalue weighted by atomic mass is 16.7. The molecule has 7 heteroatoms. The molecule has 7 nitrogen and oxygen atoms in total. The number of carbonyl (C=O) groups is 1. The standard InChI is InChI=1S/C9H17NO6/c1-4(12)10-6-8(14)7(13)5(3-11)16-9(6)15-2/h5-9,11,13-14H,3H2,1-2H3,(H,10,12)/t5-,6-,7-,8-,9+/m1/s1/i3D/t3-,5-,6-,7-,8-,9+. The summed E-state index contributed by atoms with van der Waals surface area (Å²) in [5.41, 5.74) is 0. The Morgan fingerprint density at radius 2 is 2.19 bits per heavy atom. The number of ether oxygens (including phenoxy) is 2. The highest BCUT2D eigenvalue weighted by molar-refractivity contribution is 5.73. The van der Waals surface area contributed by atoms with Crippen LogP contribution in [-0.2, 0) is 14.3 Å². The SMILES string of the molecule is [2H][C@@H](O)[C@H]1O[C@H](OC)[C@H](NC(C)=O)[C@@H](O)[C@@H]1O. The lowest BCUT2D eigenvalue weighted by molar-refractivity contribution is -0.262. The first-order valence-electron chi connectivity index (χ1n) is 5.38. The minimum absolute atomic E-state index is 0.420. The van der Waals surface area contributed by atoms with Gasteiger partial charge in [0.25, 0.3) is 0 Å². The summed E-state index contributed by atoms with van der Waals surface area (Å²) in [7, 11) is 1.29. The molecule has 1 rings (SSSR count). The van der Waals surface area contributed by atoms with Crippen LogP contribution in [0.1, 0.15) is 8.29 Å². The third-order valence-corrected chi connectivity index (χ3v) is 2.39. The van der Waals surface area contributed by atoms with E-state index in [4.69, 9.17) is 16.0 Å². The van der Waals surface area contributed by atoms with Crippen LogP contribution in [0, 0.1) is 0 Å². The molecule has 94 valence electrons. The predicted octanol–water partition coefficient (Wildman–Crippen LogP) is -2.42. The molecule has 1 heterocycles. The van der Waals surface area contributed by atoms with E-state index in [-0.39, 0.29) is 0 Å². The molecule has 1 saturated heterocycles. The Bertz CT molecular complexity index is 274. The third kappa shape index (κ3) is 2.69. The van der Waals surface area contributed by atoms with Crippen LogP contribution in [0.15, 0.2) is 0 Å². The van der Waals surface area contributed by atoms with Crippen molar-refractivity contribution >= 4 is 5.91 Å². The molecule has 0 aromatic rings. The van der Waals surface area contributed by atoms with E-state index in [0.717, 1.165) is 0 Å². The molecule has 1 aliphatic rings. The van der Waals surface area contributed by atoms with Gasteiger partial charge in [-0.05, 0) is 0 Å². The van der Waals surface area contributed by atoms with Crippen molar-refractivity contribution in [1.82, 2.24) is 5.32 Å². The van der Waals surface area contributed by atoms with Gasteiger partial charge in [0.1, 0.15) is 24.4 Å². The van der Waals surface area contributed by atoms with E-state index in [9.17, 15) is 15.0 Å². The highest BCUT2D eigenvalue weighted by Crippen LogP contribution is 2.21. The van der Waals surface area contributed by atoms with Gasteiger partial charge >= 0.3 is 0 Å². The van der Waals surface area contributed by atoms with Crippen LogP contribution in [0.25, 0.3) is 0 Å². The Morgan fingerprint density at radius 3 is 2.62 bits per heavy atom. The monoisotopic (exact) mass is 236 g/mol. The van der Waals surface area contributed by atoms with E-state index >= 15 is 0 Å². The van der Waals surface area contributed by atoms with Gasteiger partial charge in [-0.1, -0.05) is 0 Å². The van der Waals surface area contributed by atoms with Gasteiger partial charge in [-0.2, -0.15) is 0 Å². The zero-order chi connectivity index (χ0) is 13.2. The second-order valence-electron chi connectivity index (χ2n) is 3.56. The lowest BCUT2D eigenvalue weighted by Gasteiger charge is -2.41. The van der Waals surface area contributed by atoms with Gasteiger partial charge in [0.05, 0.1) is 7.95 Å². The number of aliphatic hydroxyl groups is 3. The highest BCUT2D eigenvalue weighted by Gasteiger charge is 2.44. The minimum Gasteiger partial charge on any atom is -0.394 e. The molecule has 4 N–H and O–H groups in total. The summed E-state index contributed by atoms with van der Waals surface area (Å²) >= 11 is 0. The number of carbonyl (C=O) groups excluding carboxylic acids is 1. The zero-order valence-corrected chi connectivity index (χ0v) is 9.03. The maximum atomic E-state index is 10.9. The normalized spacial score (nSPS) is 42.3. The summed E-state index contributed by atoms with van der Waals surface area (Å²) in [6.45, 7) is -0.465. The number of hydrogen-bond donors (Lipinski definition) is 4. The Labute approximate surface area is 94.4 Å². The Balaban J connectivity index is 2.83. The molecule has 0 saturated carbocycles. The topological polar surface area (TPSA) is 108 Å². The average Bonchev–Trinajstić information content (AvgIpc) is 2.24. The van der Waals surface area contributed by atoms with E-state index in [0.29, 0.717) is 0 Å². The van der Waals surface area contributed by atoms with Crippen molar-refractivity contribution in [3.63, 3.8) is 0 Å². The summed E-state index contributed by atoms with van der Waals surface area (Å²) in [4.78, 5) is 10.9. The van der Waals surface area contributed by atoms with Crippen molar-refractivity contribution in [3.8, 4) is 0 Å². The molecule has 6 atom stereocenters. The fraction of sp³-hybridized carbons (Fsp3) is 0.889. The second kappa shape index (κ2) is 5.55. The number of methoxy groups -OCH3 is 1. The molecule has 0 radical (unpaired) electrons. The van der Waals surface area contributed by atoms with Crippen molar-refractivity contribution in [2.24, 2.45) is 0 Å². The lowest BCUT2D eigenvalue weighted by atomic mass is 9.97. The van der Waals surface area contributed by atoms with Crippen molar-refractivity contribution in [3.05, 3.63) is 0 Å². The van der Waals surface area contributed by atoms with Gasteiger partial charge in [0.2, 0.25) is 5.91 Å².